The molecular weight excluding hydrogens is 458 g/mol. The van der Waals surface area contributed by atoms with Crippen molar-refractivity contribution in [3.8, 4) is 0 Å². The third kappa shape index (κ3) is 3.71. The Morgan fingerprint density at radius 2 is 1.80 bits per heavy atom. The number of benzene rings is 3. The summed E-state index contributed by atoms with van der Waals surface area (Å²) in [6, 6.07) is 21.0. The van der Waals surface area contributed by atoms with Crippen LogP contribution in [0, 0.1) is 13.8 Å². The van der Waals surface area contributed by atoms with Crippen LogP contribution < -0.4 is 15.1 Å². The molecule has 0 aromatic heterocycles. The van der Waals surface area contributed by atoms with Gasteiger partial charge in [-0.3, -0.25) is 24.2 Å². The number of anilines is 3. The Hall–Kier alpha value is -3.58. The summed E-state index contributed by atoms with van der Waals surface area (Å²) in [5, 5.41) is 3.03. The Bertz CT molecular complexity index is 1350. The summed E-state index contributed by atoms with van der Waals surface area (Å²) < 4.78 is 0. The highest BCUT2D eigenvalue weighted by atomic mass is 32.2. The zero-order valence-electron chi connectivity index (χ0n) is 20.0. The predicted molar refractivity (Wildman–Crippen MR) is 141 cm³/mol. The van der Waals surface area contributed by atoms with Crippen molar-refractivity contribution < 1.29 is 14.4 Å². The molecule has 7 heteroatoms. The molecule has 1 fully saturated rings. The molecule has 0 unspecified atom stereocenters. The molecule has 0 bridgehead atoms. The summed E-state index contributed by atoms with van der Waals surface area (Å²) in [7, 11) is 0. The summed E-state index contributed by atoms with van der Waals surface area (Å²) in [6.07, 6.45) is 0.788. The smallest absolute Gasteiger partial charge is 0.269 e. The predicted octanol–water partition coefficient (Wildman–Crippen LogP) is 4.78. The lowest BCUT2D eigenvalue weighted by Gasteiger charge is -2.33. The molecule has 2 aliphatic heterocycles. The largest absolute Gasteiger partial charge is 0.324 e. The van der Waals surface area contributed by atoms with Crippen LogP contribution in [-0.2, 0) is 25.7 Å². The molecule has 1 atom stereocenters. The monoisotopic (exact) mass is 485 g/mol. The van der Waals surface area contributed by atoms with Gasteiger partial charge >= 0.3 is 0 Å². The number of carbonyl (C=O) groups is 3. The highest BCUT2D eigenvalue weighted by Crippen LogP contribution is 2.55. The van der Waals surface area contributed by atoms with E-state index in [1.54, 1.807) is 4.90 Å². The zero-order chi connectivity index (χ0) is 24.7. The fraction of sp³-hybridized carbons (Fsp3) is 0.250. The summed E-state index contributed by atoms with van der Waals surface area (Å²) in [5.41, 5.74) is 5.90. The van der Waals surface area contributed by atoms with Gasteiger partial charge in [0.2, 0.25) is 16.7 Å². The highest BCUT2D eigenvalue weighted by molar-refractivity contribution is 8.02. The van der Waals surface area contributed by atoms with Crippen molar-refractivity contribution in [2.45, 2.75) is 32.1 Å². The van der Waals surface area contributed by atoms with E-state index in [0.29, 0.717) is 11.4 Å². The third-order valence-electron chi connectivity index (χ3n) is 6.63. The van der Waals surface area contributed by atoms with Crippen molar-refractivity contribution >= 4 is 46.5 Å². The van der Waals surface area contributed by atoms with Gasteiger partial charge in [0.05, 0.1) is 11.4 Å². The lowest BCUT2D eigenvalue weighted by molar-refractivity contribution is -0.124. The zero-order valence-corrected chi connectivity index (χ0v) is 20.8. The topological polar surface area (TPSA) is 69.7 Å². The van der Waals surface area contributed by atoms with Gasteiger partial charge in [0.25, 0.3) is 5.91 Å². The van der Waals surface area contributed by atoms with Crippen molar-refractivity contribution in [3.63, 3.8) is 0 Å². The Morgan fingerprint density at radius 3 is 2.57 bits per heavy atom. The summed E-state index contributed by atoms with van der Waals surface area (Å²) in [6.45, 7) is 5.83. The van der Waals surface area contributed by atoms with E-state index in [0.717, 1.165) is 34.4 Å². The minimum absolute atomic E-state index is 0.123. The van der Waals surface area contributed by atoms with Crippen LogP contribution in [0.15, 0.2) is 66.7 Å². The Balaban J connectivity index is 1.52. The molecule has 3 amide bonds. The maximum absolute atomic E-state index is 14.1. The quantitative estimate of drug-likeness (QED) is 0.565. The van der Waals surface area contributed by atoms with Crippen molar-refractivity contribution in [1.82, 2.24) is 0 Å². The molecule has 6 nitrogen and oxygen atoms in total. The molecule has 3 aromatic rings. The van der Waals surface area contributed by atoms with E-state index in [4.69, 9.17) is 0 Å². The second-order valence-corrected chi connectivity index (χ2v) is 10.1. The molecule has 1 saturated heterocycles. The van der Waals surface area contributed by atoms with E-state index in [1.807, 2.05) is 87.5 Å². The van der Waals surface area contributed by atoms with Gasteiger partial charge < -0.3 is 5.32 Å². The normalized spacial score (nSPS) is 18.9. The SMILES string of the molecule is CCc1cccc(C)c1NC(=O)CN1C(=O)[C@@]2(SCC(=O)N2c2cccc(C)c2)c2ccccc21. The van der Waals surface area contributed by atoms with Crippen molar-refractivity contribution in [2.24, 2.45) is 0 Å². The maximum Gasteiger partial charge on any atom is 0.269 e. The first-order valence-electron chi connectivity index (χ1n) is 11.7. The number of nitrogens with one attached hydrogen (secondary N) is 1. The molecule has 0 saturated carbocycles. The van der Waals surface area contributed by atoms with E-state index in [1.165, 1.54) is 16.7 Å². The average molecular weight is 486 g/mol. The van der Waals surface area contributed by atoms with Gasteiger partial charge in [-0.05, 0) is 55.2 Å². The minimum Gasteiger partial charge on any atom is -0.324 e. The number of para-hydroxylation sites is 2. The summed E-state index contributed by atoms with van der Waals surface area (Å²) in [4.78, 5) is 42.4. The average Bonchev–Trinajstić information content (AvgIpc) is 3.31. The fourth-order valence-electron chi connectivity index (χ4n) is 5.00. The minimum atomic E-state index is -1.22. The molecule has 2 heterocycles. The van der Waals surface area contributed by atoms with Crippen LogP contribution in [-0.4, -0.2) is 30.0 Å². The molecule has 0 aliphatic carbocycles. The van der Waals surface area contributed by atoms with Gasteiger partial charge in [-0.25, -0.2) is 0 Å². The molecule has 35 heavy (non-hydrogen) atoms. The van der Waals surface area contributed by atoms with E-state index in [9.17, 15) is 14.4 Å². The molecule has 1 spiro atoms. The number of hydrogen-bond acceptors (Lipinski definition) is 4. The van der Waals surface area contributed by atoms with E-state index in [-0.39, 0.29) is 30.0 Å². The van der Waals surface area contributed by atoms with Crippen LogP contribution in [0.25, 0.3) is 0 Å². The summed E-state index contributed by atoms with van der Waals surface area (Å²) >= 11 is 1.32. The van der Waals surface area contributed by atoms with Crippen LogP contribution >= 0.6 is 11.8 Å². The standard InChI is InChI=1S/C28H27N3O3S/c1-4-20-11-8-10-19(3)26(20)29-24(32)16-30-23-14-6-5-13-22(23)28(27(30)34)31(25(33)17-35-28)21-12-7-9-18(2)15-21/h5-15H,4,16-17H2,1-3H3,(H,29,32)/t28-/m0/s1. The molecule has 178 valence electrons. The Morgan fingerprint density at radius 1 is 1.03 bits per heavy atom. The van der Waals surface area contributed by atoms with Crippen LogP contribution in [0.3, 0.4) is 0 Å². The fourth-order valence-corrected chi connectivity index (χ4v) is 6.36. The van der Waals surface area contributed by atoms with E-state index >= 15 is 0 Å². The number of rotatable bonds is 5. The number of nitrogens with zero attached hydrogens (tertiary/aromatic N) is 2. The summed E-state index contributed by atoms with van der Waals surface area (Å²) in [5.74, 6) is -0.475. The first-order valence-corrected chi connectivity index (χ1v) is 12.7. The van der Waals surface area contributed by atoms with Gasteiger partial charge in [-0.1, -0.05) is 55.5 Å². The Kier molecular flexibility index (Phi) is 5.89. The maximum atomic E-state index is 14.1. The molecule has 5 rings (SSSR count). The molecule has 3 aromatic carbocycles. The number of hydrogen-bond donors (Lipinski definition) is 1. The number of carbonyl (C=O) groups excluding carboxylic acids is 3. The van der Waals surface area contributed by atoms with E-state index < -0.39 is 4.87 Å². The number of aryl methyl sites for hydroxylation is 3. The van der Waals surface area contributed by atoms with Crippen molar-refractivity contribution in [2.75, 3.05) is 27.4 Å². The first-order chi connectivity index (χ1) is 16.9. The van der Waals surface area contributed by atoms with Crippen LogP contribution in [0.1, 0.15) is 29.2 Å². The second kappa shape index (κ2) is 8.89. The van der Waals surface area contributed by atoms with Gasteiger partial charge in [-0.15, -0.1) is 11.8 Å². The van der Waals surface area contributed by atoms with Gasteiger partial charge in [-0.2, -0.15) is 0 Å². The molecule has 1 N–H and O–H groups in total. The third-order valence-corrected chi connectivity index (χ3v) is 8.02. The lowest BCUT2D eigenvalue weighted by Crippen LogP contribution is -2.50. The van der Waals surface area contributed by atoms with E-state index in [2.05, 4.69) is 5.32 Å². The van der Waals surface area contributed by atoms with Gasteiger partial charge in [0, 0.05) is 16.9 Å². The molecule has 0 radical (unpaired) electrons. The van der Waals surface area contributed by atoms with Crippen LogP contribution in [0.2, 0.25) is 0 Å². The van der Waals surface area contributed by atoms with Gasteiger partial charge in [0.1, 0.15) is 6.54 Å². The number of fused-ring (bicyclic) bond motifs is 2. The van der Waals surface area contributed by atoms with Crippen molar-refractivity contribution in [1.29, 1.82) is 0 Å². The second-order valence-electron chi connectivity index (χ2n) is 8.92. The van der Waals surface area contributed by atoms with Crippen LogP contribution in [0.5, 0.6) is 0 Å². The number of amides is 3. The lowest BCUT2D eigenvalue weighted by atomic mass is 10.0. The van der Waals surface area contributed by atoms with Crippen LogP contribution in [0.4, 0.5) is 17.1 Å². The number of thioether (sulfide) groups is 1. The van der Waals surface area contributed by atoms with Gasteiger partial charge in [0.15, 0.2) is 0 Å². The first kappa shape index (κ1) is 23.2. The van der Waals surface area contributed by atoms with Crippen molar-refractivity contribution in [3.05, 3.63) is 89.0 Å². The molecular formula is C28H27N3O3S. The Labute approximate surface area is 209 Å². The molecule has 2 aliphatic rings. The highest BCUT2D eigenvalue weighted by Gasteiger charge is 2.61.